The number of hydrogen-bond acceptors (Lipinski definition) is 4. The second-order valence-corrected chi connectivity index (χ2v) is 4.89. The molecule has 1 aromatic carbocycles. The van der Waals surface area contributed by atoms with E-state index in [1.54, 1.807) is 11.9 Å². The molecule has 1 aromatic heterocycles. The number of anilines is 1. The van der Waals surface area contributed by atoms with Crippen LogP contribution in [0.15, 0.2) is 18.3 Å². The van der Waals surface area contributed by atoms with Gasteiger partial charge in [-0.05, 0) is 17.7 Å². The fraction of sp³-hybridized carbons (Fsp3) is 0.231. The zero-order valence-electron chi connectivity index (χ0n) is 10.8. The normalized spacial score (nSPS) is 17.4. The Balaban J connectivity index is 2.04. The Hall–Kier alpha value is -2.02. The lowest BCUT2D eigenvalue weighted by Crippen LogP contribution is -2.35. The average molecular weight is 316 g/mol. The number of nitrogens with zero attached hydrogens (tertiary/aromatic N) is 3. The lowest BCUT2D eigenvalue weighted by molar-refractivity contribution is 0.261. The summed E-state index contributed by atoms with van der Waals surface area (Å²) in [6.07, 6.45) is 1.40. The summed E-state index contributed by atoms with van der Waals surface area (Å²) < 4.78 is 45.7. The number of hydrogen-bond donors (Lipinski definition) is 0. The molecule has 0 saturated heterocycles. The summed E-state index contributed by atoms with van der Waals surface area (Å²) in [6.45, 7) is 0.0521. The van der Waals surface area contributed by atoms with Gasteiger partial charge in [-0.3, -0.25) is 0 Å². The number of likely N-dealkylation sites (N-methyl/N-ethyl adjacent to an activating group) is 1. The molecule has 1 aliphatic heterocycles. The number of benzene rings is 1. The Morgan fingerprint density at radius 1 is 1.24 bits per heavy atom. The zero-order valence-corrected chi connectivity index (χ0v) is 11.5. The van der Waals surface area contributed by atoms with Gasteiger partial charge in [0.2, 0.25) is 5.28 Å². The summed E-state index contributed by atoms with van der Waals surface area (Å²) in [6, 6.07) is 0.683. The van der Waals surface area contributed by atoms with Crippen LogP contribution in [-0.4, -0.2) is 23.6 Å². The van der Waals surface area contributed by atoms with Gasteiger partial charge in [0.25, 0.3) is 0 Å². The van der Waals surface area contributed by atoms with Crippen LogP contribution in [0.1, 0.15) is 11.6 Å². The second-order valence-electron chi connectivity index (χ2n) is 4.55. The Labute approximate surface area is 123 Å². The third kappa shape index (κ3) is 2.37. The lowest BCUT2D eigenvalue weighted by Gasteiger charge is -2.34. The van der Waals surface area contributed by atoms with Crippen molar-refractivity contribution in [3.05, 3.63) is 46.6 Å². The number of ether oxygens (including phenoxy) is 1. The molecule has 2 aromatic rings. The van der Waals surface area contributed by atoms with Gasteiger partial charge in [0.15, 0.2) is 23.2 Å². The molecule has 1 atom stereocenters. The topological polar surface area (TPSA) is 38.2 Å². The summed E-state index contributed by atoms with van der Waals surface area (Å²) in [4.78, 5) is 9.38. The van der Waals surface area contributed by atoms with Crippen molar-refractivity contribution in [1.29, 1.82) is 0 Å². The van der Waals surface area contributed by atoms with Crippen LogP contribution in [0.3, 0.4) is 0 Å². The van der Waals surface area contributed by atoms with Gasteiger partial charge < -0.3 is 9.64 Å². The highest BCUT2D eigenvalue weighted by atomic mass is 35.5. The Morgan fingerprint density at radius 2 is 1.95 bits per heavy atom. The fourth-order valence-corrected chi connectivity index (χ4v) is 2.34. The van der Waals surface area contributed by atoms with Crippen molar-refractivity contribution in [1.82, 2.24) is 9.97 Å². The van der Waals surface area contributed by atoms with Crippen molar-refractivity contribution >= 4 is 17.4 Å². The molecule has 21 heavy (non-hydrogen) atoms. The molecule has 0 aliphatic carbocycles. The Kier molecular flexibility index (Phi) is 3.36. The van der Waals surface area contributed by atoms with E-state index in [1.807, 2.05) is 0 Å². The van der Waals surface area contributed by atoms with Crippen LogP contribution in [0.25, 0.3) is 0 Å². The minimum absolute atomic E-state index is 0.00982. The van der Waals surface area contributed by atoms with E-state index in [0.717, 1.165) is 6.07 Å². The van der Waals surface area contributed by atoms with Gasteiger partial charge in [-0.2, -0.15) is 4.98 Å². The van der Waals surface area contributed by atoms with Gasteiger partial charge in [-0.25, -0.2) is 18.2 Å². The van der Waals surface area contributed by atoms with Crippen LogP contribution < -0.4 is 9.64 Å². The molecule has 3 rings (SSSR count). The van der Waals surface area contributed by atoms with Crippen LogP contribution in [0, 0.1) is 17.5 Å². The first-order valence-electron chi connectivity index (χ1n) is 6.00. The van der Waals surface area contributed by atoms with Crippen molar-refractivity contribution < 1.29 is 17.9 Å². The van der Waals surface area contributed by atoms with E-state index in [0.29, 0.717) is 17.6 Å². The first kappa shape index (κ1) is 13.9. The molecule has 4 nitrogen and oxygen atoms in total. The standard InChI is InChI=1S/C13H9ClF3N3O/c1-20-10(6-2-8(16)9(17)3-7(6)15)5-21-11-4-18-13(14)19-12(11)20/h2-4,10H,5H2,1H3. The third-order valence-electron chi connectivity index (χ3n) is 3.30. The van der Waals surface area contributed by atoms with Crippen LogP contribution in [0.2, 0.25) is 5.28 Å². The molecule has 110 valence electrons. The van der Waals surface area contributed by atoms with Gasteiger partial charge in [0.1, 0.15) is 12.4 Å². The largest absolute Gasteiger partial charge is 0.486 e. The van der Waals surface area contributed by atoms with Crippen LogP contribution in [0.5, 0.6) is 5.75 Å². The Morgan fingerprint density at radius 3 is 2.71 bits per heavy atom. The number of halogens is 4. The highest BCUT2D eigenvalue weighted by molar-refractivity contribution is 6.28. The monoisotopic (exact) mass is 315 g/mol. The Bertz CT molecular complexity index is 713. The summed E-state index contributed by atoms with van der Waals surface area (Å²) >= 11 is 5.72. The minimum atomic E-state index is -1.23. The zero-order chi connectivity index (χ0) is 15.1. The van der Waals surface area contributed by atoms with E-state index in [1.165, 1.54) is 6.20 Å². The van der Waals surface area contributed by atoms with Gasteiger partial charge in [-0.15, -0.1) is 0 Å². The van der Waals surface area contributed by atoms with Crippen molar-refractivity contribution in [3.8, 4) is 5.75 Å². The number of fused-ring (bicyclic) bond motifs is 1. The summed E-state index contributed by atoms with van der Waals surface area (Å²) in [7, 11) is 1.63. The maximum Gasteiger partial charge on any atom is 0.224 e. The second kappa shape index (κ2) is 5.07. The fourth-order valence-electron chi connectivity index (χ4n) is 2.22. The van der Waals surface area contributed by atoms with E-state index >= 15 is 0 Å². The van der Waals surface area contributed by atoms with Crippen molar-refractivity contribution in [3.63, 3.8) is 0 Å². The van der Waals surface area contributed by atoms with Gasteiger partial charge in [-0.1, -0.05) is 0 Å². The van der Waals surface area contributed by atoms with Crippen molar-refractivity contribution in [2.24, 2.45) is 0 Å². The molecule has 1 unspecified atom stereocenters. The van der Waals surface area contributed by atoms with Crippen LogP contribution >= 0.6 is 11.6 Å². The molecule has 0 radical (unpaired) electrons. The minimum Gasteiger partial charge on any atom is -0.486 e. The SMILES string of the molecule is CN1c2nc(Cl)ncc2OCC1c1cc(F)c(F)cc1F. The van der Waals surface area contributed by atoms with Crippen LogP contribution in [-0.2, 0) is 0 Å². The molecular weight excluding hydrogens is 307 g/mol. The average Bonchev–Trinajstić information content (AvgIpc) is 2.44. The highest BCUT2D eigenvalue weighted by Crippen LogP contribution is 2.37. The van der Waals surface area contributed by atoms with E-state index in [4.69, 9.17) is 16.3 Å². The molecule has 0 amide bonds. The smallest absolute Gasteiger partial charge is 0.224 e. The molecule has 0 bridgehead atoms. The molecule has 0 fully saturated rings. The van der Waals surface area contributed by atoms with Gasteiger partial charge >= 0.3 is 0 Å². The molecule has 0 N–H and O–H groups in total. The first-order valence-corrected chi connectivity index (χ1v) is 6.38. The molecule has 1 aliphatic rings. The number of rotatable bonds is 1. The third-order valence-corrected chi connectivity index (χ3v) is 3.49. The maximum atomic E-state index is 13.9. The maximum absolute atomic E-state index is 13.9. The first-order chi connectivity index (χ1) is 9.97. The van der Waals surface area contributed by atoms with Crippen molar-refractivity contribution in [2.75, 3.05) is 18.6 Å². The van der Waals surface area contributed by atoms with E-state index in [2.05, 4.69) is 9.97 Å². The van der Waals surface area contributed by atoms with E-state index < -0.39 is 23.5 Å². The summed E-state index contributed by atoms with van der Waals surface area (Å²) in [5.74, 6) is -2.46. The summed E-state index contributed by atoms with van der Waals surface area (Å²) in [5.41, 5.74) is -0.0169. The molecule has 8 heteroatoms. The number of aromatic nitrogens is 2. The van der Waals surface area contributed by atoms with E-state index in [-0.39, 0.29) is 17.5 Å². The quantitative estimate of drug-likeness (QED) is 0.598. The lowest BCUT2D eigenvalue weighted by atomic mass is 10.0. The molecule has 0 spiro atoms. The predicted molar refractivity (Wildman–Crippen MR) is 70.0 cm³/mol. The van der Waals surface area contributed by atoms with E-state index in [9.17, 15) is 13.2 Å². The van der Waals surface area contributed by atoms with Crippen LogP contribution in [0.4, 0.5) is 19.0 Å². The highest BCUT2D eigenvalue weighted by Gasteiger charge is 2.30. The van der Waals surface area contributed by atoms with Crippen molar-refractivity contribution in [2.45, 2.75) is 6.04 Å². The molecule has 2 heterocycles. The van der Waals surface area contributed by atoms with Gasteiger partial charge in [0, 0.05) is 18.7 Å². The molecule has 0 saturated carbocycles. The summed E-state index contributed by atoms with van der Waals surface area (Å²) in [5, 5.41) is 0.00982. The predicted octanol–water partition coefficient (Wildman–Crippen LogP) is 3.12. The molecular formula is C13H9ClF3N3O. The van der Waals surface area contributed by atoms with Gasteiger partial charge in [0.05, 0.1) is 12.2 Å².